The number of aromatic nitrogens is 1. The van der Waals surface area contributed by atoms with Crippen LogP contribution in [-0.4, -0.2) is 58.6 Å². The maximum absolute atomic E-state index is 12.9. The third-order valence-electron chi connectivity index (χ3n) is 5.47. The Kier molecular flexibility index (Phi) is 5.04. The summed E-state index contributed by atoms with van der Waals surface area (Å²) in [5.41, 5.74) is 3.44. The lowest BCUT2D eigenvalue weighted by molar-refractivity contribution is 0.0630. The SMILES string of the molecule is CC(C)CC1COC(=O)N1C1CCN(C(=O)c2ccc3ncsc3c2)CC1. The van der Waals surface area contributed by atoms with E-state index in [1.165, 1.54) is 0 Å². The molecule has 2 fully saturated rings. The summed E-state index contributed by atoms with van der Waals surface area (Å²) in [6.45, 7) is 6.17. The number of likely N-dealkylation sites (tertiary alicyclic amines) is 1. The molecule has 0 radical (unpaired) electrons. The highest BCUT2D eigenvalue weighted by Crippen LogP contribution is 2.28. The van der Waals surface area contributed by atoms with Crippen molar-refractivity contribution in [1.29, 1.82) is 0 Å². The average molecular weight is 388 g/mol. The van der Waals surface area contributed by atoms with E-state index in [0.717, 1.165) is 29.5 Å². The maximum Gasteiger partial charge on any atom is 0.410 e. The lowest BCUT2D eigenvalue weighted by Crippen LogP contribution is -2.50. The number of hydrogen-bond acceptors (Lipinski definition) is 5. The van der Waals surface area contributed by atoms with Gasteiger partial charge in [0, 0.05) is 24.7 Å². The first-order valence-corrected chi connectivity index (χ1v) is 10.5. The van der Waals surface area contributed by atoms with E-state index in [4.69, 9.17) is 4.74 Å². The standard InChI is InChI=1S/C20H25N3O3S/c1-13(2)9-16-11-26-20(25)23(16)15-5-7-22(8-6-15)19(24)14-3-4-17-18(10-14)27-12-21-17/h3-4,10,12-13,15-16H,5-9,11H2,1-2H3. The Hall–Kier alpha value is -2.15. The molecular weight excluding hydrogens is 362 g/mol. The minimum Gasteiger partial charge on any atom is -0.447 e. The van der Waals surface area contributed by atoms with E-state index < -0.39 is 0 Å². The summed E-state index contributed by atoms with van der Waals surface area (Å²) in [7, 11) is 0. The van der Waals surface area contributed by atoms with E-state index >= 15 is 0 Å². The van der Waals surface area contributed by atoms with E-state index in [1.807, 2.05) is 28.0 Å². The molecule has 7 heteroatoms. The highest BCUT2D eigenvalue weighted by molar-refractivity contribution is 7.16. The van der Waals surface area contributed by atoms with Crippen molar-refractivity contribution in [2.75, 3.05) is 19.7 Å². The summed E-state index contributed by atoms with van der Waals surface area (Å²) in [5, 5.41) is 0. The predicted molar refractivity (Wildman–Crippen MR) is 105 cm³/mol. The Bertz CT molecular complexity index is 842. The molecule has 4 rings (SSSR count). The van der Waals surface area contributed by atoms with Crippen LogP contribution in [0.15, 0.2) is 23.7 Å². The van der Waals surface area contributed by atoms with Crippen molar-refractivity contribution >= 4 is 33.6 Å². The molecule has 2 amide bonds. The maximum atomic E-state index is 12.9. The molecule has 1 unspecified atom stereocenters. The van der Waals surface area contributed by atoms with E-state index in [2.05, 4.69) is 18.8 Å². The number of hydrogen-bond donors (Lipinski definition) is 0. The average Bonchev–Trinajstić information content (AvgIpc) is 3.27. The number of thiazole rings is 1. The summed E-state index contributed by atoms with van der Waals surface area (Å²) in [5.74, 6) is 0.585. The molecular formula is C20H25N3O3S. The smallest absolute Gasteiger partial charge is 0.410 e. The van der Waals surface area contributed by atoms with Crippen molar-refractivity contribution in [2.45, 2.75) is 45.2 Å². The van der Waals surface area contributed by atoms with Crippen LogP contribution in [0.25, 0.3) is 10.2 Å². The molecule has 0 N–H and O–H groups in total. The summed E-state index contributed by atoms with van der Waals surface area (Å²) in [6, 6.07) is 6.02. The first kappa shape index (κ1) is 18.2. The number of piperidine rings is 1. The lowest BCUT2D eigenvalue weighted by Gasteiger charge is -2.38. The number of cyclic esters (lactones) is 1. The van der Waals surface area contributed by atoms with Crippen LogP contribution in [0.2, 0.25) is 0 Å². The Morgan fingerprint density at radius 2 is 2.11 bits per heavy atom. The normalized spacial score (nSPS) is 21.3. The fourth-order valence-corrected chi connectivity index (χ4v) is 4.88. The molecule has 2 aromatic rings. The van der Waals surface area contributed by atoms with Crippen LogP contribution in [0.1, 0.15) is 43.5 Å². The van der Waals surface area contributed by atoms with E-state index in [0.29, 0.717) is 31.2 Å². The van der Waals surface area contributed by atoms with Crippen LogP contribution in [0.4, 0.5) is 4.79 Å². The van der Waals surface area contributed by atoms with E-state index in [1.54, 1.807) is 16.8 Å². The Balaban J connectivity index is 1.40. The van der Waals surface area contributed by atoms with Crippen molar-refractivity contribution in [3.8, 4) is 0 Å². The molecule has 0 saturated carbocycles. The number of nitrogens with zero attached hydrogens (tertiary/aromatic N) is 3. The second-order valence-electron chi connectivity index (χ2n) is 7.83. The van der Waals surface area contributed by atoms with Gasteiger partial charge < -0.3 is 9.64 Å². The second-order valence-corrected chi connectivity index (χ2v) is 8.71. The molecule has 6 nitrogen and oxygen atoms in total. The van der Waals surface area contributed by atoms with Gasteiger partial charge in [0.05, 0.1) is 21.8 Å². The van der Waals surface area contributed by atoms with Gasteiger partial charge in [-0.05, 0) is 43.4 Å². The van der Waals surface area contributed by atoms with Crippen molar-refractivity contribution in [3.05, 3.63) is 29.3 Å². The van der Waals surface area contributed by atoms with Gasteiger partial charge in [-0.25, -0.2) is 9.78 Å². The van der Waals surface area contributed by atoms with Gasteiger partial charge in [0.15, 0.2) is 0 Å². The molecule has 2 aliphatic rings. The molecule has 144 valence electrons. The molecule has 0 aliphatic carbocycles. The molecule has 2 saturated heterocycles. The zero-order valence-corrected chi connectivity index (χ0v) is 16.6. The van der Waals surface area contributed by atoms with Crippen molar-refractivity contribution in [3.63, 3.8) is 0 Å². The number of amides is 2. The molecule has 1 atom stereocenters. The van der Waals surface area contributed by atoms with Gasteiger partial charge in [-0.1, -0.05) is 13.8 Å². The number of rotatable bonds is 4. The van der Waals surface area contributed by atoms with Crippen molar-refractivity contribution in [1.82, 2.24) is 14.8 Å². The zero-order chi connectivity index (χ0) is 19.0. The van der Waals surface area contributed by atoms with Crippen LogP contribution >= 0.6 is 11.3 Å². The summed E-state index contributed by atoms with van der Waals surface area (Å²) in [4.78, 5) is 33.2. The minimum absolute atomic E-state index is 0.0616. The minimum atomic E-state index is -0.193. The molecule has 3 heterocycles. The van der Waals surface area contributed by atoms with Gasteiger partial charge >= 0.3 is 6.09 Å². The molecule has 27 heavy (non-hydrogen) atoms. The molecule has 1 aromatic carbocycles. The number of fused-ring (bicyclic) bond motifs is 1. The largest absolute Gasteiger partial charge is 0.447 e. The first-order chi connectivity index (χ1) is 13.0. The van der Waals surface area contributed by atoms with Crippen molar-refractivity contribution < 1.29 is 14.3 Å². The fraction of sp³-hybridized carbons (Fsp3) is 0.550. The van der Waals surface area contributed by atoms with Gasteiger partial charge in [-0.15, -0.1) is 11.3 Å². The number of benzene rings is 1. The fourth-order valence-electron chi connectivity index (χ4n) is 4.16. The topological polar surface area (TPSA) is 62.7 Å². The third kappa shape index (κ3) is 3.65. The zero-order valence-electron chi connectivity index (χ0n) is 15.8. The van der Waals surface area contributed by atoms with Gasteiger partial charge in [-0.3, -0.25) is 9.69 Å². The van der Waals surface area contributed by atoms with Crippen LogP contribution < -0.4 is 0 Å². The van der Waals surface area contributed by atoms with Gasteiger partial charge in [0.1, 0.15) is 6.61 Å². The quantitative estimate of drug-likeness (QED) is 0.801. The van der Waals surface area contributed by atoms with E-state index in [-0.39, 0.29) is 24.1 Å². The number of ether oxygens (including phenoxy) is 1. The highest BCUT2D eigenvalue weighted by atomic mass is 32.1. The summed E-state index contributed by atoms with van der Waals surface area (Å²) < 4.78 is 6.35. The van der Waals surface area contributed by atoms with Crippen LogP contribution in [0.5, 0.6) is 0 Å². The van der Waals surface area contributed by atoms with Gasteiger partial charge in [0.2, 0.25) is 0 Å². The monoisotopic (exact) mass is 387 g/mol. The number of carbonyl (C=O) groups excluding carboxylic acids is 2. The highest BCUT2D eigenvalue weighted by Gasteiger charge is 2.40. The molecule has 2 aliphatic heterocycles. The predicted octanol–water partition coefficient (Wildman–Crippen LogP) is 3.77. The van der Waals surface area contributed by atoms with Crippen LogP contribution in [0.3, 0.4) is 0 Å². The Morgan fingerprint density at radius 3 is 2.85 bits per heavy atom. The lowest BCUT2D eigenvalue weighted by atomic mass is 9.98. The van der Waals surface area contributed by atoms with Crippen LogP contribution in [-0.2, 0) is 4.74 Å². The summed E-state index contributed by atoms with van der Waals surface area (Å²) >= 11 is 1.55. The molecule has 0 bridgehead atoms. The van der Waals surface area contributed by atoms with Crippen LogP contribution in [0, 0.1) is 5.92 Å². The first-order valence-electron chi connectivity index (χ1n) is 9.60. The second kappa shape index (κ2) is 7.46. The van der Waals surface area contributed by atoms with E-state index in [9.17, 15) is 9.59 Å². The third-order valence-corrected chi connectivity index (χ3v) is 6.26. The molecule has 0 spiro atoms. The van der Waals surface area contributed by atoms with Gasteiger partial charge in [-0.2, -0.15) is 0 Å². The van der Waals surface area contributed by atoms with Crippen molar-refractivity contribution in [2.24, 2.45) is 5.92 Å². The van der Waals surface area contributed by atoms with Gasteiger partial charge in [0.25, 0.3) is 5.91 Å². The summed E-state index contributed by atoms with van der Waals surface area (Å²) in [6.07, 6.45) is 2.37. The molecule has 1 aromatic heterocycles. The Labute approximate surface area is 163 Å². The Morgan fingerprint density at radius 1 is 1.33 bits per heavy atom. The number of carbonyl (C=O) groups is 2.